The number of hydrogen-bond donors (Lipinski definition) is 1. The van der Waals surface area contributed by atoms with E-state index >= 15 is 0 Å². The normalized spacial score (nSPS) is 8.45. The monoisotopic (exact) mass is 288 g/mol. The van der Waals surface area contributed by atoms with Gasteiger partial charge in [0.1, 0.15) is 23.8 Å². The smallest absolute Gasteiger partial charge is 0.310 e. The van der Waals surface area contributed by atoms with E-state index in [1.54, 1.807) is 13.8 Å². The third kappa shape index (κ3) is 43.9. The van der Waals surface area contributed by atoms with Crippen LogP contribution < -0.4 is 0 Å². The van der Waals surface area contributed by atoms with Crippen molar-refractivity contribution in [2.24, 2.45) is 0 Å². The van der Waals surface area contributed by atoms with E-state index in [-0.39, 0.29) is 18.0 Å². The summed E-state index contributed by atoms with van der Waals surface area (Å²) in [5.41, 5.74) is 0. The third-order valence-corrected chi connectivity index (χ3v) is 1.88. The topological polar surface area (TPSA) is 88.5 Å². The molecule has 118 valence electrons. The molecule has 0 aromatic rings. The molecule has 0 atom stereocenters. The Bertz CT molecular complexity index is 283. The molecule has 0 saturated heterocycles. The number of carbonyl (C=O) groups is 4. The minimum atomic E-state index is -1.06. The largest absolute Gasteiger partial charge is 0.481 e. The maximum atomic E-state index is 10.2. The Balaban J connectivity index is -0.000000218. The van der Waals surface area contributed by atoms with E-state index in [4.69, 9.17) is 5.11 Å². The Hall–Kier alpha value is -1.52. The van der Waals surface area contributed by atoms with Gasteiger partial charge in [-0.15, -0.1) is 0 Å². The summed E-state index contributed by atoms with van der Waals surface area (Å²) in [6, 6.07) is 0. The van der Waals surface area contributed by atoms with Gasteiger partial charge >= 0.3 is 5.97 Å². The number of Topliss-reactive ketones (excluding diaryl/α,β-unsaturated/α-hetero) is 3. The van der Waals surface area contributed by atoms with Crippen molar-refractivity contribution >= 4 is 23.3 Å². The summed E-state index contributed by atoms with van der Waals surface area (Å²) in [4.78, 5) is 39.7. The minimum Gasteiger partial charge on any atom is -0.481 e. The van der Waals surface area contributed by atoms with Crippen molar-refractivity contribution < 1.29 is 24.3 Å². The summed E-state index contributed by atoms with van der Waals surface area (Å²) < 4.78 is 0. The highest BCUT2D eigenvalue weighted by Crippen LogP contribution is 1.92. The molecule has 0 bridgehead atoms. The molecular weight excluding hydrogens is 260 g/mol. The fraction of sp³-hybridized carbons (Fsp3) is 0.733. The highest BCUT2D eigenvalue weighted by molar-refractivity contribution is 5.93. The van der Waals surface area contributed by atoms with Crippen molar-refractivity contribution in [3.05, 3.63) is 0 Å². The van der Waals surface area contributed by atoms with Crippen molar-refractivity contribution in [3.63, 3.8) is 0 Å². The summed E-state index contributed by atoms with van der Waals surface area (Å²) in [7, 11) is 0. The molecule has 0 fully saturated rings. The molecule has 0 aliphatic heterocycles. The van der Waals surface area contributed by atoms with E-state index in [0.29, 0.717) is 5.78 Å². The summed E-state index contributed by atoms with van der Waals surface area (Å²) in [5, 5.41) is 7.86. The zero-order valence-corrected chi connectivity index (χ0v) is 13.3. The van der Waals surface area contributed by atoms with Gasteiger partial charge in [0.25, 0.3) is 0 Å². The first-order valence-electron chi connectivity index (χ1n) is 6.87. The second-order valence-electron chi connectivity index (χ2n) is 4.53. The summed E-state index contributed by atoms with van der Waals surface area (Å²) in [5.74, 6) is -0.778. The standard InChI is InChI=1S/C6H12O.C5H10O.C4H6O3/c1-3-4-5-6(2)7;1-3-4-5(2)6;1-3(5)2-4(6)7/h3-5H2,1-2H3;3-4H2,1-2H3;2H2,1H3,(H,6,7). The summed E-state index contributed by atoms with van der Waals surface area (Å²) in [6.07, 6.45) is 4.29. The van der Waals surface area contributed by atoms with E-state index < -0.39 is 5.97 Å². The molecule has 0 radical (unpaired) electrons. The van der Waals surface area contributed by atoms with Gasteiger partial charge in [-0.05, 0) is 33.6 Å². The maximum Gasteiger partial charge on any atom is 0.310 e. The Morgan fingerprint density at radius 1 is 0.750 bits per heavy atom. The van der Waals surface area contributed by atoms with Crippen LogP contribution in [0, 0.1) is 0 Å². The molecule has 0 rings (SSSR count). The number of ketones is 3. The molecular formula is C15H28O5. The Morgan fingerprint density at radius 2 is 1.20 bits per heavy atom. The van der Waals surface area contributed by atoms with Crippen LogP contribution in [0.5, 0.6) is 0 Å². The van der Waals surface area contributed by atoms with Crippen molar-refractivity contribution in [1.82, 2.24) is 0 Å². The Kier molecular flexibility index (Phi) is 20.6. The molecule has 5 heteroatoms. The van der Waals surface area contributed by atoms with Crippen LogP contribution in [0.1, 0.15) is 73.1 Å². The van der Waals surface area contributed by atoms with Gasteiger partial charge in [0, 0.05) is 12.8 Å². The van der Waals surface area contributed by atoms with Crippen LogP contribution in [0.25, 0.3) is 0 Å². The number of carboxylic acid groups (broad SMARTS) is 1. The second-order valence-corrected chi connectivity index (χ2v) is 4.53. The zero-order chi connectivity index (χ0) is 16.6. The van der Waals surface area contributed by atoms with E-state index in [0.717, 1.165) is 32.1 Å². The first kappa shape index (κ1) is 23.6. The number of rotatable bonds is 7. The zero-order valence-electron chi connectivity index (χ0n) is 13.3. The van der Waals surface area contributed by atoms with Gasteiger partial charge in [-0.3, -0.25) is 9.59 Å². The van der Waals surface area contributed by atoms with Crippen LogP contribution >= 0.6 is 0 Å². The maximum absolute atomic E-state index is 10.2. The molecule has 0 aliphatic carbocycles. The Morgan fingerprint density at radius 3 is 1.25 bits per heavy atom. The van der Waals surface area contributed by atoms with Crippen LogP contribution in [0.3, 0.4) is 0 Å². The lowest BCUT2D eigenvalue weighted by atomic mass is 10.2. The van der Waals surface area contributed by atoms with Crippen LogP contribution in [-0.4, -0.2) is 28.4 Å². The molecule has 1 N–H and O–H groups in total. The van der Waals surface area contributed by atoms with Gasteiger partial charge < -0.3 is 14.7 Å². The summed E-state index contributed by atoms with van der Waals surface area (Å²) >= 11 is 0. The van der Waals surface area contributed by atoms with Gasteiger partial charge in [-0.1, -0.05) is 20.3 Å². The number of unbranched alkanes of at least 4 members (excludes halogenated alkanes) is 1. The van der Waals surface area contributed by atoms with Gasteiger partial charge in [-0.2, -0.15) is 0 Å². The van der Waals surface area contributed by atoms with E-state index in [9.17, 15) is 19.2 Å². The van der Waals surface area contributed by atoms with Crippen LogP contribution in [-0.2, 0) is 19.2 Å². The fourth-order valence-electron chi connectivity index (χ4n) is 0.991. The van der Waals surface area contributed by atoms with Crippen LogP contribution in [0.2, 0.25) is 0 Å². The van der Waals surface area contributed by atoms with Crippen molar-refractivity contribution in [3.8, 4) is 0 Å². The third-order valence-electron chi connectivity index (χ3n) is 1.88. The van der Waals surface area contributed by atoms with Crippen LogP contribution in [0.15, 0.2) is 0 Å². The molecule has 0 unspecified atom stereocenters. The number of hydrogen-bond acceptors (Lipinski definition) is 4. The van der Waals surface area contributed by atoms with Gasteiger partial charge in [0.05, 0.1) is 0 Å². The van der Waals surface area contributed by atoms with Crippen LogP contribution in [0.4, 0.5) is 0 Å². The summed E-state index contributed by atoms with van der Waals surface area (Å²) in [6.45, 7) is 8.58. The molecule has 0 aliphatic rings. The number of aliphatic carboxylic acids is 1. The van der Waals surface area contributed by atoms with E-state index in [2.05, 4.69) is 6.92 Å². The Labute approximate surface area is 121 Å². The van der Waals surface area contributed by atoms with Crippen molar-refractivity contribution in [2.45, 2.75) is 73.1 Å². The second kappa shape index (κ2) is 17.5. The molecule has 0 aromatic carbocycles. The first-order valence-corrected chi connectivity index (χ1v) is 6.87. The molecule has 0 amide bonds. The molecule has 0 heterocycles. The quantitative estimate of drug-likeness (QED) is 0.727. The molecule has 0 spiro atoms. The lowest BCUT2D eigenvalue weighted by molar-refractivity contribution is -0.139. The average Bonchev–Trinajstić information content (AvgIpc) is 2.25. The molecule has 0 aromatic heterocycles. The number of carboxylic acids is 1. The number of carbonyl (C=O) groups excluding carboxylic acids is 3. The van der Waals surface area contributed by atoms with E-state index in [1.165, 1.54) is 6.92 Å². The minimum absolute atomic E-state index is 0.289. The van der Waals surface area contributed by atoms with Gasteiger partial charge in [0.15, 0.2) is 0 Å². The highest BCUT2D eigenvalue weighted by atomic mass is 16.4. The lowest BCUT2D eigenvalue weighted by Crippen LogP contribution is -2.00. The molecule has 5 nitrogen and oxygen atoms in total. The van der Waals surface area contributed by atoms with Gasteiger partial charge in [0.2, 0.25) is 0 Å². The average molecular weight is 288 g/mol. The van der Waals surface area contributed by atoms with Crippen molar-refractivity contribution in [2.75, 3.05) is 0 Å². The lowest BCUT2D eigenvalue weighted by Gasteiger charge is -1.86. The predicted octanol–water partition coefficient (Wildman–Crippen LogP) is 3.19. The highest BCUT2D eigenvalue weighted by Gasteiger charge is 1.98. The molecule has 0 saturated carbocycles. The fourth-order valence-corrected chi connectivity index (χ4v) is 0.991. The molecule has 20 heavy (non-hydrogen) atoms. The predicted molar refractivity (Wildman–Crippen MR) is 78.7 cm³/mol. The van der Waals surface area contributed by atoms with Crippen molar-refractivity contribution in [1.29, 1.82) is 0 Å². The first-order chi connectivity index (χ1) is 9.17. The van der Waals surface area contributed by atoms with Gasteiger partial charge in [-0.25, -0.2) is 0 Å². The van der Waals surface area contributed by atoms with E-state index in [1.807, 2.05) is 6.92 Å². The SMILES string of the molecule is CC(=O)CC(=O)O.CCCC(C)=O.CCCCC(C)=O.